The molecule has 1 aromatic carbocycles. The van der Waals surface area contributed by atoms with E-state index < -0.39 is 0 Å². The molecule has 3 aromatic rings. The van der Waals surface area contributed by atoms with Crippen LogP contribution in [0.4, 0.5) is 0 Å². The molecular weight excluding hydrogens is 406 g/mol. The van der Waals surface area contributed by atoms with Crippen LogP contribution in [0.15, 0.2) is 55.0 Å². The van der Waals surface area contributed by atoms with Gasteiger partial charge in [-0.25, -0.2) is 9.97 Å². The van der Waals surface area contributed by atoms with Crippen molar-refractivity contribution in [3.05, 3.63) is 66.2 Å². The van der Waals surface area contributed by atoms with Crippen molar-refractivity contribution in [3.63, 3.8) is 0 Å². The Balaban J connectivity index is 1.45. The molecule has 1 N–H and O–H groups in total. The maximum absolute atomic E-state index is 9.70. The Morgan fingerprint density at radius 2 is 1.75 bits per heavy atom. The second-order valence-electron chi connectivity index (χ2n) is 8.01. The predicted molar refractivity (Wildman–Crippen MR) is 122 cm³/mol. The van der Waals surface area contributed by atoms with Crippen LogP contribution < -0.4 is 9.47 Å². The van der Waals surface area contributed by atoms with Gasteiger partial charge in [-0.05, 0) is 42.3 Å². The summed E-state index contributed by atoms with van der Waals surface area (Å²) >= 11 is 0. The molecule has 0 saturated carbocycles. The summed E-state index contributed by atoms with van der Waals surface area (Å²) in [6, 6.07) is 12.2. The van der Waals surface area contributed by atoms with E-state index in [4.69, 9.17) is 9.47 Å². The van der Waals surface area contributed by atoms with Gasteiger partial charge >= 0.3 is 0 Å². The molecule has 0 aliphatic carbocycles. The molecule has 1 aliphatic rings. The van der Waals surface area contributed by atoms with Crippen LogP contribution >= 0.6 is 0 Å². The number of nitrogens with zero attached hydrogens (tertiary/aromatic N) is 5. The third-order valence-corrected chi connectivity index (χ3v) is 5.93. The number of hydrogen-bond donors (Lipinski definition) is 1. The Bertz CT molecular complexity index is 972. The molecule has 1 fully saturated rings. The molecule has 8 nitrogen and oxygen atoms in total. The van der Waals surface area contributed by atoms with Crippen LogP contribution in [0, 0.1) is 0 Å². The van der Waals surface area contributed by atoms with Crippen LogP contribution in [0.25, 0.3) is 5.95 Å². The minimum atomic E-state index is 0.171. The number of rotatable bonds is 9. The van der Waals surface area contributed by atoms with Crippen molar-refractivity contribution in [1.29, 1.82) is 0 Å². The van der Waals surface area contributed by atoms with Crippen molar-refractivity contribution in [3.8, 4) is 17.4 Å². The first-order chi connectivity index (χ1) is 15.7. The number of aliphatic hydroxyl groups excluding tert-OH is 1. The summed E-state index contributed by atoms with van der Waals surface area (Å²) < 4.78 is 12.9. The highest BCUT2D eigenvalue weighted by Gasteiger charge is 2.27. The molecule has 2 aromatic heterocycles. The minimum absolute atomic E-state index is 0.171. The zero-order valence-electron chi connectivity index (χ0n) is 18.7. The number of aliphatic hydroxyl groups is 1. The Morgan fingerprint density at radius 3 is 2.44 bits per heavy atom. The summed E-state index contributed by atoms with van der Waals surface area (Å²) in [6.45, 7) is 4.54. The first-order valence-corrected chi connectivity index (χ1v) is 10.9. The monoisotopic (exact) mass is 437 g/mol. The Morgan fingerprint density at radius 1 is 1.00 bits per heavy atom. The molecule has 1 aliphatic heterocycles. The van der Waals surface area contributed by atoms with Gasteiger partial charge in [0.15, 0.2) is 0 Å². The van der Waals surface area contributed by atoms with E-state index in [-0.39, 0.29) is 12.6 Å². The van der Waals surface area contributed by atoms with E-state index in [1.807, 2.05) is 29.0 Å². The second kappa shape index (κ2) is 10.6. The molecule has 0 amide bonds. The van der Waals surface area contributed by atoms with Gasteiger partial charge in [-0.15, -0.1) is 0 Å². The lowest BCUT2D eigenvalue weighted by atomic mass is 10.1. The van der Waals surface area contributed by atoms with Gasteiger partial charge in [0, 0.05) is 75.7 Å². The lowest BCUT2D eigenvalue weighted by Gasteiger charge is -2.41. The van der Waals surface area contributed by atoms with Gasteiger partial charge in [0.05, 0.1) is 14.2 Å². The molecule has 0 unspecified atom stereocenters. The van der Waals surface area contributed by atoms with Gasteiger partial charge in [0.25, 0.3) is 0 Å². The van der Waals surface area contributed by atoms with Crippen molar-refractivity contribution in [2.45, 2.75) is 25.6 Å². The van der Waals surface area contributed by atoms with E-state index in [1.165, 1.54) is 0 Å². The van der Waals surface area contributed by atoms with Crippen LogP contribution in [-0.2, 0) is 13.1 Å². The third kappa shape index (κ3) is 5.27. The summed E-state index contributed by atoms with van der Waals surface area (Å²) in [7, 11) is 3.34. The van der Waals surface area contributed by atoms with Crippen LogP contribution in [0.1, 0.15) is 17.7 Å². The fourth-order valence-electron chi connectivity index (χ4n) is 4.31. The normalized spacial score (nSPS) is 17.4. The van der Waals surface area contributed by atoms with Crippen LogP contribution in [0.3, 0.4) is 0 Å². The number of methoxy groups -OCH3 is 2. The zero-order valence-corrected chi connectivity index (χ0v) is 18.7. The predicted octanol–water partition coefficient (Wildman–Crippen LogP) is 2.35. The number of ether oxygens (including phenoxy) is 2. The van der Waals surface area contributed by atoms with Gasteiger partial charge in [-0.1, -0.05) is 0 Å². The number of aromatic nitrogens is 3. The quantitative estimate of drug-likeness (QED) is 0.551. The first-order valence-electron chi connectivity index (χ1n) is 10.9. The van der Waals surface area contributed by atoms with Gasteiger partial charge in [-0.3, -0.25) is 14.4 Å². The largest absolute Gasteiger partial charge is 0.497 e. The molecule has 8 heteroatoms. The van der Waals surface area contributed by atoms with Crippen molar-refractivity contribution >= 4 is 0 Å². The van der Waals surface area contributed by atoms with Crippen molar-refractivity contribution in [1.82, 2.24) is 24.3 Å². The summed E-state index contributed by atoms with van der Waals surface area (Å²) in [4.78, 5) is 13.6. The Labute approximate surface area is 189 Å². The van der Waals surface area contributed by atoms with Crippen LogP contribution in [0.5, 0.6) is 11.5 Å². The number of benzene rings is 1. The van der Waals surface area contributed by atoms with Crippen molar-refractivity contribution in [2.75, 3.05) is 40.5 Å². The van der Waals surface area contributed by atoms with Gasteiger partial charge < -0.3 is 14.6 Å². The van der Waals surface area contributed by atoms with Gasteiger partial charge in [0.2, 0.25) is 5.95 Å². The highest BCUT2D eigenvalue weighted by atomic mass is 16.5. The maximum atomic E-state index is 9.70. The Hall–Kier alpha value is -2.94. The lowest BCUT2D eigenvalue weighted by molar-refractivity contribution is 0.0491. The van der Waals surface area contributed by atoms with E-state index in [1.54, 1.807) is 26.6 Å². The molecule has 1 saturated heterocycles. The average molecular weight is 438 g/mol. The SMILES string of the molecule is COc1cc(CN2CCN(Cc3cccn3-c3ncccn3)C[C@H]2CCO)cc(OC)c1. The van der Waals surface area contributed by atoms with Crippen LogP contribution in [0.2, 0.25) is 0 Å². The topological polar surface area (TPSA) is 75.9 Å². The van der Waals surface area contributed by atoms with E-state index in [0.717, 1.165) is 61.9 Å². The smallest absolute Gasteiger partial charge is 0.233 e. The molecule has 1 atom stereocenters. The standard InChI is InChI=1S/C24H31N5O3/c1-31-22-13-19(14-23(15-22)32-2)16-28-11-10-27(17-20(28)6-12-30)18-21-5-3-9-29(21)24-25-7-4-8-26-24/h3-5,7-9,13-15,20,30H,6,10-12,16-18H2,1-2H3/t20-/m1/s1. The number of piperazine rings is 1. The van der Waals surface area contributed by atoms with E-state index in [0.29, 0.717) is 5.95 Å². The highest BCUT2D eigenvalue weighted by Crippen LogP contribution is 2.25. The first kappa shape index (κ1) is 22.3. The summed E-state index contributed by atoms with van der Waals surface area (Å²) in [5, 5.41) is 9.70. The van der Waals surface area contributed by atoms with Crippen molar-refractivity contribution in [2.24, 2.45) is 0 Å². The lowest BCUT2D eigenvalue weighted by Crippen LogP contribution is -2.52. The zero-order chi connectivity index (χ0) is 22.3. The second-order valence-corrected chi connectivity index (χ2v) is 8.01. The highest BCUT2D eigenvalue weighted by molar-refractivity contribution is 5.38. The van der Waals surface area contributed by atoms with E-state index in [9.17, 15) is 5.11 Å². The average Bonchev–Trinajstić information content (AvgIpc) is 3.29. The molecule has 0 radical (unpaired) electrons. The number of hydrogen-bond acceptors (Lipinski definition) is 7. The molecule has 0 spiro atoms. The Kier molecular flexibility index (Phi) is 7.36. The fourth-order valence-corrected chi connectivity index (χ4v) is 4.31. The molecule has 3 heterocycles. The van der Waals surface area contributed by atoms with Gasteiger partial charge in [0.1, 0.15) is 11.5 Å². The van der Waals surface area contributed by atoms with Crippen molar-refractivity contribution < 1.29 is 14.6 Å². The summed E-state index contributed by atoms with van der Waals surface area (Å²) in [6.07, 6.45) is 6.26. The third-order valence-electron chi connectivity index (χ3n) is 5.93. The summed E-state index contributed by atoms with van der Waals surface area (Å²) in [5.41, 5.74) is 2.30. The van der Waals surface area contributed by atoms with E-state index in [2.05, 4.69) is 38.0 Å². The molecule has 4 rings (SSSR count). The fraction of sp³-hybridized carbons (Fsp3) is 0.417. The maximum Gasteiger partial charge on any atom is 0.233 e. The minimum Gasteiger partial charge on any atom is -0.497 e. The van der Waals surface area contributed by atoms with E-state index >= 15 is 0 Å². The molecule has 0 bridgehead atoms. The molecule has 32 heavy (non-hydrogen) atoms. The molecule has 170 valence electrons. The molecular formula is C24H31N5O3. The van der Waals surface area contributed by atoms with Gasteiger partial charge in [-0.2, -0.15) is 0 Å². The van der Waals surface area contributed by atoms with Crippen LogP contribution in [-0.4, -0.2) is 75.9 Å². The summed E-state index contributed by atoms with van der Waals surface area (Å²) in [5.74, 6) is 2.27.